The molecule has 37 heavy (non-hydrogen) atoms. The quantitative estimate of drug-likeness (QED) is 0.121. The highest BCUT2D eigenvalue weighted by molar-refractivity contribution is 6.07. The number of hydrogen-bond donors (Lipinski definition) is 0. The molecule has 0 amide bonds. The van der Waals surface area contributed by atoms with Gasteiger partial charge in [-0.15, -0.1) is 0 Å². The molecule has 0 aliphatic heterocycles. The molecule has 2 aromatic carbocycles. The first-order valence-electron chi connectivity index (χ1n) is 11.1. The van der Waals surface area contributed by atoms with Crippen LogP contribution in [0.2, 0.25) is 0 Å². The van der Waals surface area contributed by atoms with Crippen molar-refractivity contribution in [3.8, 4) is 11.5 Å². The third kappa shape index (κ3) is 6.60. The molecule has 0 spiro atoms. The first-order chi connectivity index (χ1) is 17.8. The summed E-state index contributed by atoms with van der Waals surface area (Å²) in [7, 11) is 0. The fourth-order valence-corrected chi connectivity index (χ4v) is 3.85. The molecule has 0 N–H and O–H groups in total. The normalized spacial score (nSPS) is 11.9. The molecule has 2 heterocycles. The SMILES string of the molecule is O=C(c1ccccc1)c1ccc(C(Cc2cc[n+]([O-])cc2)c2ccc(OC(F)F)c(OC(F)F)c2)cn1. The number of hydrogen-bond acceptors (Lipinski definition) is 5. The molecule has 0 fully saturated rings. The van der Waals surface area contributed by atoms with E-state index in [-0.39, 0.29) is 11.5 Å². The van der Waals surface area contributed by atoms with Crippen molar-refractivity contribution < 1.29 is 36.6 Å². The Balaban J connectivity index is 1.72. The molecule has 0 saturated heterocycles. The van der Waals surface area contributed by atoms with Crippen molar-refractivity contribution in [2.45, 2.75) is 25.6 Å². The molecule has 0 radical (unpaired) electrons. The molecule has 1 unspecified atom stereocenters. The lowest BCUT2D eigenvalue weighted by molar-refractivity contribution is -0.605. The Kier molecular flexibility index (Phi) is 7.97. The summed E-state index contributed by atoms with van der Waals surface area (Å²) in [5.41, 5.74) is 2.49. The van der Waals surface area contributed by atoms with Crippen molar-refractivity contribution in [3.63, 3.8) is 0 Å². The number of carbonyl (C=O) groups is 1. The third-order valence-corrected chi connectivity index (χ3v) is 5.57. The predicted octanol–water partition coefficient (Wildman–Crippen LogP) is 5.52. The van der Waals surface area contributed by atoms with Gasteiger partial charge in [-0.2, -0.15) is 22.3 Å². The van der Waals surface area contributed by atoms with Crippen LogP contribution in [-0.2, 0) is 6.42 Å². The van der Waals surface area contributed by atoms with E-state index in [4.69, 9.17) is 0 Å². The standard InChI is InChI=1S/C27H20F4N2O4/c28-26(29)36-23-9-7-19(15-24(23)37-27(30)31)21(14-17-10-12-33(35)13-11-17)20-6-8-22(32-16-20)25(34)18-4-2-1-3-5-18/h1-13,15-16,21,26-27H,14H2. The molecular formula is C27H20F4N2O4. The van der Waals surface area contributed by atoms with Crippen molar-refractivity contribution in [1.29, 1.82) is 0 Å². The Labute approximate surface area is 209 Å². The maximum atomic E-state index is 13.0. The minimum atomic E-state index is -3.26. The molecule has 0 saturated carbocycles. The van der Waals surface area contributed by atoms with Crippen molar-refractivity contribution in [2.24, 2.45) is 0 Å². The fraction of sp³-hybridized carbons (Fsp3) is 0.148. The molecule has 190 valence electrons. The Morgan fingerprint density at radius 2 is 1.49 bits per heavy atom. The Morgan fingerprint density at radius 3 is 2.11 bits per heavy atom. The zero-order valence-electron chi connectivity index (χ0n) is 19.1. The molecule has 6 nitrogen and oxygen atoms in total. The summed E-state index contributed by atoms with van der Waals surface area (Å²) in [6.07, 6.45) is 4.43. The van der Waals surface area contributed by atoms with Crippen LogP contribution in [0.3, 0.4) is 0 Å². The average molecular weight is 512 g/mol. The van der Waals surface area contributed by atoms with Gasteiger partial charge in [0.05, 0.1) is 0 Å². The number of rotatable bonds is 10. The van der Waals surface area contributed by atoms with E-state index in [1.807, 2.05) is 0 Å². The van der Waals surface area contributed by atoms with Gasteiger partial charge in [0.2, 0.25) is 5.78 Å². The number of aromatic nitrogens is 2. The zero-order valence-corrected chi connectivity index (χ0v) is 19.1. The summed E-state index contributed by atoms with van der Waals surface area (Å²) in [4.78, 5) is 17.0. The summed E-state index contributed by atoms with van der Waals surface area (Å²) in [5, 5.41) is 11.5. The van der Waals surface area contributed by atoms with Crippen molar-refractivity contribution in [3.05, 3.63) is 125 Å². The number of ketones is 1. The van der Waals surface area contributed by atoms with Crippen LogP contribution < -0.4 is 14.2 Å². The van der Waals surface area contributed by atoms with Crippen molar-refractivity contribution in [1.82, 2.24) is 4.98 Å². The molecule has 4 aromatic rings. The van der Waals surface area contributed by atoms with Gasteiger partial charge in [-0.05, 0) is 41.3 Å². The van der Waals surface area contributed by atoms with Gasteiger partial charge >= 0.3 is 13.2 Å². The summed E-state index contributed by atoms with van der Waals surface area (Å²) in [6.45, 7) is -6.50. The first-order valence-corrected chi connectivity index (χ1v) is 11.1. The second-order valence-electron chi connectivity index (χ2n) is 7.96. The number of pyridine rings is 2. The monoisotopic (exact) mass is 512 g/mol. The molecule has 0 bridgehead atoms. The number of benzene rings is 2. The van der Waals surface area contributed by atoms with E-state index in [2.05, 4.69) is 14.5 Å². The Morgan fingerprint density at radius 1 is 0.838 bits per heavy atom. The number of nitrogens with zero attached hydrogens (tertiary/aromatic N) is 2. The predicted molar refractivity (Wildman–Crippen MR) is 125 cm³/mol. The third-order valence-electron chi connectivity index (χ3n) is 5.57. The van der Waals surface area contributed by atoms with Crippen LogP contribution in [0.4, 0.5) is 17.6 Å². The van der Waals surface area contributed by atoms with Crippen LogP contribution in [0.1, 0.15) is 38.7 Å². The van der Waals surface area contributed by atoms with Crippen LogP contribution in [0.5, 0.6) is 11.5 Å². The van der Waals surface area contributed by atoms with Gasteiger partial charge in [-0.3, -0.25) is 9.78 Å². The fourth-order valence-electron chi connectivity index (χ4n) is 3.85. The highest BCUT2D eigenvalue weighted by Gasteiger charge is 2.22. The van der Waals surface area contributed by atoms with Crippen LogP contribution >= 0.6 is 0 Å². The van der Waals surface area contributed by atoms with Gasteiger partial charge in [0.1, 0.15) is 5.69 Å². The van der Waals surface area contributed by atoms with Gasteiger partial charge in [-0.1, -0.05) is 42.5 Å². The lowest BCUT2D eigenvalue weighted by Crippen LogP contribution is -2.24. The van der Waals surface area contributed by atoms with Crippen molar-refractivity contribution in [2.75, 3.05) is 0 Å². The Bertz CT molecular complexity index is 1340. The highest BCUT2D eigenvalue weighted by Crippen LogP contribution is 2.36. The van der Waals surface area contributed by atoms with E-state index in [1.54, 1.807) is 54.6 Å². The maximum Gasteiger partial charge on any atom is 0.387 e. The highest BCUT2D eigenvalue weighted by atomic mass is 19.3. The molecule has 10 heteroatoms. The molecule has 2 aromatic heterocycles. The second-order valence-corrected chi connectivity index (χ2v) is 7.96. The van der Waals surface area contributed by atoms with E-state index < -0.39 is 30.6 Å². The van der Waals surface area contributed by atoms with Gasteiger partial charge in [0.25, 0.3) is 0 Å². The smallest absolute Gasteiger partial charge is 0.387 e. The Hall–Kier alpha value is -4.47. The van der Waals surface area contributed by atoms with E-state index in [1.165, 1.54) is 30.7 Å². The zero-order chi connectivity index (χ0) is 26.4. The van der Waals surface area contributed by atoms with Gasteiger partial charge in [0.15, 0.2) is 23.9 Å². The summed E-state index contributed by atoms with van der Waals surface area (Å²) < 4.78 is 60.9. The maximum absolute atomic E-state index is 13.0. The van der Waals surface area contributed by atoms with Crippen LogP contribution in [0, 0.1) is 5.21 Å². The second kappa shape index (κ2) is 11.5. The lowest BCUT2D eigenvalue weighted by Gasteiger charge is -2.20. The summed E-state index contributed by atoms with van der Waals surface area (Å²) in [6, 6.07) is 18.8. The van der Waals surface area contributed by atoms with Crippen LogP contribution in [-0.4, -0.2) is 24.0 Å². The van der Waals surface area contributed by atoms with E-state index in [9.17, 15) is 27.6 Å². The molecule has 1 atom stereocenters. The summed E-state index contributed by atoms with van der Waals surface area (Å²) >= 11 is 0. The molecule has 0 aliphatic carbocycles. The van der Waals surface area contributed by atoms with Gasteiger partial charge in [-0.25, -0.2) is 0 Å². The van der Waals surface area contributed by atoms with Crippen molar-refractivity contribution >= 4 is 5.78 Å². The molecular weight excluding hydrogens is 492 g/mol. The van der Waals surface area contributed by atoms with E-state index >= 15 is 0 Å². The average Bonchev–Trinajstić information content (AvgIpc) is 2.89. The first kappa shape index (κ1) is 25.6. The van der Waals surface area contributed by atoms with Crippen LogP contribution in [0.15, 0.2) is 91.4 Å². The van der Waals surface area contributed by atoms with Crippen LogP contribution in [0.25, 0.3) is 0 Å². The largest absolute Gasteiger partial charge is 0.619 e. The van der Waals surface area contributed by atoms with Gasteiger partial charge in [0, 0.05) is 29.8 Å². The minimum Gasteiger partial charge on any atom is -0.619 e. The number of carbonyl (C=O) groups excluding carboxylic acids is 1. The number of halogens is 4. The van der Waals surface area contributed by atoms with E-state index in [0.717, 1.165) is 11.6 Å². The minimum absolute atomic E-state index is 0.211. The van der Waals surface area contributed by atoms with E-state index in [0.29, 0.717) is 27.8 Å². The molecule has 0 aliphatic rings. The topological polar surface area (TPSA) is 75.4 Å². The summed E-state index contributed by atoms with van der Waals surface area (Å²) in [5.74, 6) is -1.87. The number of alkyl halides is 4. The lowest BCUT2D eigenvalue weighted by atomic mass is 9.86. The molecule has 4 rings (SSSR count). The van der Waals surface area contributed by atoms with Gasteiger partial charge < -0.3 is 14.7 Å². The number of ether oxygens (including phenoxy) is 2.